The molecule has 2 N–H and O–H groups in total. The van der Waals surface area contributed by atoms with Crippen molar-refractivity contribution in [2.24, 2.45) is 10.1 Å². The average molecular weight is 682 g/mol. The fraction of sp³-hybridized carbons (Fsp3) is 0.297. The summed E-state index contributed by atoms with van der Waals surface area (Å²) in [5, 5.41) is 15.9. The second-order valence-corrected chi connectivity index (χ2v) is 13.7. The van der Waals surface area contributed by atoms with Crippen molar-refractivity contribution in [1.82, 2.24) is 5.32 Å². The highest BCUT2D eigenvalue weighted by atomic mass is 32.2. The maximum Gasteiger partial charge on any atom is 0.252 e. The first-order valence-electron chi connectivity index (χ1n) is 16.2. The van der Waals surface area contributed by atoms with Gasteiger partial charge in [-0.1, -0.05) is 77.9 Å². The smallest absolute Gasteiger partial charge is 0.252 e. The van der Waals surface area contributed by atoms with E-state index in [0.29, 0.717) is 48.4 Å². The molecule has 11 nitrogen and oxygen atoms in total. The molecular weight excluding hydrogens is 643 g/mol. The minimum atomic E-state index is -3.82. The molecule has 4 aromatic rings. The summed E-state index contributed by atoms with van der Waals surface area (Å²) in [6.45, 7) is 0.694. The van der Waals surface area contributed by atoms with E-state index in [1.807, 2.05) is 30.3 Å². The Morgan fingerprint density at radius 3 is 2.37 bits per heavy atom. The predicted molar refractivity (Wildman–Crippen MR) is 187 cm³/mol. The third kappa shape index (κ3) is 8.85. The Balaban J connectivity index is 1.54. The molecule has 12 heteroatoms. The molecule has 5 rings (SSSR count). The lowest BCUT2D eigenvalue weighted by molar-refractivity contribution is -0.129. The van der Waals surface area contributed by atoms with E-state index in [-0.39, 0.29) is 36.1 Å². The largest absolute Gasteiger partial charge is 0.494 e. The van der Waals surface area contributed by atoms with Crippen molar-refractivity contribution < 1.29 is 27.8 Å². The van der Waals surface area contributed by atoms with Crippen molar-refractivity contribution in [3.63, 3.8) is 0 Å². The van der Waals surface area contributed by atoms with Crippen molar-refractivity contribution in [2.45, 2.75) is 48.8 Å². The van der Waals surface area contributed by atoms with Gasteiger partial charge in [0.1, 0.15) is 5.75 Å². The van der Waals surface area contributed by atoms with E-state index in [0.717, 1.165) is 12.0 Å². The standard InChI is InChI=1S/C37H39N5O6S/c38-42-40-27-30-14-7-8-17-33(30)34-37(22-26-49(45,46)32-15-5-2-6-16-32,36(44)39-23-9-13-28-11-3-1-4-12-28)41-35(48-34)29-18-20-31(21-19-29)47-25-10-24-43/h1-8,11-12,14-21,34,43H,9-10,13,22-27H2,(H,39,44)/t34-,37-/m1/s1. The zero-order valence-corrected chi connectivity index (χ0v) is 27.8. The van der Waals surface area contributed by atoms with Crippen LogP contribution in [-0.4, -0.2) is 56.4 Å². The SMILES string of the molecule is [N-]=[N+]=NCc1ccccc1[C@H]1OC(c2ccc(OCCCO)cc2)=N[C@@]1(CCS(=O)(=O)c1ccccc1)C(=O)NCCCc1ccccc1. The lowest BCUT2D eigenvalue weighted by Crippen LogP contribution is -2.49. The highest BCUT2D eigenvalue weighted by Gasteiger charge is 2.54. The van der Waals surface area contributed by atoms with Gasteiger partial charge in [-0.15, -0.1) is 0 Å². The Morgan fingerprint density at radius 1 is 0.959 bits per heavy atom. The lowest BCUT2D eigenvalue weighted by atomic mass is 9.83. The summed E-state index contributed by atoms with van der Waals surface area (Å²) >= 11 is 0. The predicted octanol–water partition coefficient (Wildman–Crippen LogP) is 6.13. The van der Waals surface area contributed by atoms with Crippen molar-refractivity contribution in [1.29, 1.82) is 0 Å². The molecule has 4 aromatic carbocycles. The van der Waals surface area contributed by atoms with Crippen LogP contribution in [0.15, 0.2) is 124 Å². The number of carbonyl (C=O) groups excluding carboxylic acids is 1. The number of nitrogens with zero attached hydrogens (tertiary/aromatic N) is 4. The number of aryl methyl sites for hydroxylation is 1. The number of sulfone groups is 1. The number of benzene rings is 4. The average Bonchev–Trinajstić information content (AvgIpc) is 3.54. The highest BCUT2D eigenvalue weighted by molar-refractivity contribution is 7.91. The Kier molecular flexibility index (Phi) is 12.0. The summed E-state index contributed by atoms with van der Waals surface area (Å²) in [7, 11) is -3.82. The van der Waals surface area contributed by atoms with Gasteiger partial charge in [0.15, 0.2) is 21.5 Å². The summed E-state index contributed by atoms with van der Waals surface area (Å²) in [6.07, 6.45) is 0.673. The van der Waals surface area contributed by atoms with Crippen LogP contribution in [-0.2, 0) is 32.3 Å². The van der Waals surface area contributed by atoms with E-state index in [4.69, 9.17) is 25.1 Å². The van der Waals surface area contributed by atoms with Crippen LogP contribution in [0.1, 0.15) is 47.6 Å². The van der Waals surface area contributed by atoms with E-state index >= 15 is 0 Å². The third-order valence-corrected chi connectivity index (χ3v) is 10.0. The molecule has 0 aliphatic carbocycles. The molecule has 0 spiro atoms. The molecule has 0 saturated heterocycles. The fourth-order valence-corrected chi connectivity index (χ4v) is 7.10. The van der Waals surface area contributed by atoms with Crippen LogP contribution in [0.4, 0.5) is 0 Å². The quantitative estimate of drug-likeness (QED) is 0.0590. The molecule has 2 atom stereocenters. The topological polar surface area (TPSA) is 163 Å². The van der Waals surface area contributed by atoms with Crippen LogP contribution in [0.5, 0.6) is 5.75 Å². The molecule has 49 heavy (non-hydrogen) atoms. The van der Waals surface area contributed by atoms with E-state index in [1.54, 1.807) is 66.7 Å². The number of hydrogen-bond acceptors (Lipinski definition) is 8. The minimum Gasteiger partial charge on any atom is -0.494 e. The minimum absolute atomic E-state index is 0.00116. The number of aliphatic hydroxyl groups excluding tert-OH is 1. The molecule has 0 aromatic heterocycles. The van der Waals surface area contributed by atoms with Crippen LogP contribution >= 0.6 is 0 Å². The number of azide groups is 1. The first-order chi connectivity index (χ1) is 23.9. The summed E-state index contributed by atoms with van der Waals surface area (Å²) < 4.78 is 39.5. The molecule has 1 aliphatic rings. The summed E-state index contributed by atoms with van der Waals surface area (Å²) in [4.78, 5) is 22.5. The van der Waals surface area contributed by atoms with Gasteiger partial charge in [0.25, 0.3) is 5.91 Å². The fourth-order valence-electron chi connectivity index (χ4n) is 5.72. The molecule has 0 saturated carbocycles. The molecule has 254 valence electrons. The highest BCUT2D eigenvalue weighted by Crippen LogP contribution is 2.44. The van der Waals surface area contributed by atoms with Crippen molar-refractivity contribution in [2.75, 3.05) is 25.5 Å². The summed E-state index contributed by atoms with van der Waals surface area (Å²) in [5.74, 6) is -0.0850. The number of hydrogen-bond donors (Lipinski definition) is 2. The molecular formula is C37H39N5O6S. The molecule has 0 radical (unpaired) electrons. The Labute approximate surface area is 286 Å². The van der Waals surface area contributed by atoms with Crippen LogP contribution in [0.2, 0.25) is 0 Å². The molecule has 0 unspecified atom stereocenters. The second-order valence-electron chi connectivity index (χ2n) is 11.6. The van der Waals surface area contributed by atoms with Crippen molar-refractivity contribution in [3.05, 3.63) is 142 Å². The van der Waals surface area contributed by atoms with Gasteiger partial charge in [-0.05, 0) is 71.5 Å². The Bertz CT molecular complexity index is 1880. The van der Waals surface area contributed by atoms with Gasteiger partial charge >= 0.3 is 0 Å². The number of carbonyl (C=O) groups is 1. The zero-order valence-electron chi connectivity index (χ0n) is 27.0. The number of rotatable bonds is 17. The Hall–Kier alpha value is -5.16. The molecule has 1 amide bonds. The Morgan fingerprint density at radius 2 is 1.65 bits per heavy atom. The van der Waals surface area contributed by atoms with E-state index in [2.05, 4.69) is 15.3 Å². The molecule has 0 fully saturated rings. The maximum absolute atomic E-state index is 14.5. The first kappa shape index (κ1) is 35.2. The van der Waals surface area contributed by atoms with Gasteiger partial charge in [0.05, 0.1) is 23.8 Å². The molecule has 1 aliphatic heterocycles. The van der Waals surface area contributed by atoms with E-state index in [9.17, 15) is 13.2 Å². The van der Waals surface area contributed by atoms with Gasteiger partial charge < -0.3 is 19.9 Å². The van der Waals surface area contributed by atoms with Crippen molar-refractivity contribution in [3.8, 4) is 5.75 Å². The molecule has 1 heterocycles. The maximum atomic E-state index is 14.5. The van der Waals surface area contributed by atoms with Crippen LogP contribution in [0, 0.1) is 0 Å². The summed E-state index contributed by atoms with van der Waals surface area (Å²) in [6, 6.07) is 32.2. The number of amides is 1. The number of aliphatic imine (C=N–C) groups is 1. The number of aliphatic hydroxyl groups is 1. The van der Waals surface area contributed by atoms with E-state index in [1.165, 1.54) is 12.1 Å². The van der Waals surface area contributed by atoms with Gasteiger partial charge in [-0.2, -0.15) is 0 Å². The van der Waals surface area contributed by atoms with Crippen LogP contribution in [0.25, 0.3) is 10.4 Å². The van der Waals surface area contributed by atoms with E-state index < -0.39 is 27.4 Å². The zero-order chi connectivity index (χ0) is 34.5. The number of ether oxygens (including phenoxy) is 2. The normalized spacial score (nSPS) is 17.0. The van der Waals surface area contributed by atoms with Crippen molar-refractivity contribution >= 4 is 21.6 Å². The van der Waals surface area contributed by atoms with Gasteiger partial charge in [0.2, 0.25) is 5.90 Å². The summed E-state index contributed by atoms with van der Waals surface area (Å²) in [5.41, 5.74) is 10.3. The van der Waals surface area contributed by atoms with Gasteiger partial charge in [0, 0.05) is 36.5 Å². The van der Waals surface area contributed by atoms with Crippen LogP contribution in [0.3, 0.4) is 0 Å². The first-order valence-corrected chi connectivity index (χ1v) is 17.8. The van der Waals surface area contributed by atoms with Crippen LogP contribution < -0.4 is 10.1 Å². The molecule has 0 bridgehead atoms. The lowest BCUT2D eigenvalue weighted by Gasteiger charge is -2.31. The van der Waals surface area contributed by atoms with Gasteiger partial charge in [-0.25, -0.2) is 13.4 Å². The monoisotopic (exact) mass is 681 g/mol. The number of nitrogens with one attached hydrogen (secondary N) is 1. The third-order valence-electron chi connectivity index (χ3n) is 8.30. The second kappa shape index (κ2) is 16.8. The van der Waals surface area contributed by atoms with Gasteiger partial charge in [-0.3, -0.25) is 4.79 Å².